The monoisotopic (exact) mass is 396 g/mol. The molecule has 0 atom stereocenters. The standard InChI is InChI=1S/C12H5Cl2F3N4O4/c13-6-1-2-8(20(22)23)9(10(6)21(24)25)19-11-7(14)3-5(4-18-11)12(15,16)17/h1-4H,(H,18,19). The molecular formula is C12H5Cl2F3N4O4. The predicted molar refractivity (Wildman–Crippen MR) is 82.3 cm³/mol. The Bertz CT molecular complexity index is 876. The van der Waals surface area contributed by atoms with Crippen LogP contribution in [-0.2, 0) is 6.18 Å². The van der Waals surface area contributed by atoms with E-state index in [1.165, 1.54) is 0 Å². The lowest BCUT2D eigenvalue weighted by Gasteiger charge is -2.11. The molecule has 0 aliphatic carbocycles. The number of hydrogen-bond acceptors (Lipinski definition) is 6. The second-order valence-electron chi connectivity index (χ2n) is 4.48. The number of pyridine rings is 1. The summed E-state index contributed by atoms with van der Waals surface area (Å²) in [5, 5.41) is 23.5. The van der Waals surface area contributed by atoms with E-state index in [-0.39, 0.29) is 0 Å². The molecule has 2 rings (SSSR count). The Labute approximate surface area is 146 Å². The van der Waals surface area contributed by atoms with Crippen LogP contribution in [0.4, 0.5) is 36.1 Å². The van der Waals surface area contributed by atoms with Crippen molar-refractivity contribution < 1.29 is 23.0 Å². The lowest BCUT2D eigenvalue weighted by molar-refractivity contribution is -0.392. The second kappa shape index (κ2) is 6.69. The molecule has 1 N–H and O–H groups in total. The molecule has 0 bridgehead atoms. The zero-order valence-electron chi connectivity index (χ0n) is 11.7. The molecule has 13 heteroatoms. The van der Waals surface area contributed by atoms with Gasteiger partial charge in [0, 0.05) is 12.3 Å². The number of alkyl halides is 3. The summed E-state index contributed by atoms with van der Waals surface area (Å²) in [6.07, 6.45) is -4.28. The van der Waals surface area contributed by atoms with E-state index < -0.39 is 54.5 Å². The summed E-state index contributed by atoms with van der Waals surface area (Å²) in [4.78, 5) is 23.7. The van der Waals surface area contributed by atoms with E-state index in [1.54, 1.807) is 0 Å². The Balaban J connectivity index is 2.59. The molecule has 0 spiro atoms. The minimum atomic E-state index is -4.71. The number of hydrogen-bond donors (Lipinski definition) is 1. The van der Waals surface area contributed by atoms with Crippen LogP contribution < -0.4 is 5.32 Å². The third-order valence-corrected chi connectivity index (χ3v) is 3.49. The lowest BCUT2D eigenvalue weighted by Crippen LogP contribution is -2.08. The SMILES string of the molecule is O=[N+]([O-])c1ccc(Cl)c([N+](=O)[O-])c1Nc1ncc(C(F)(F)F)cc1Cl. The Morgan fingerprint density at radius 2 is 1.72 bits per heavy atom. The van der Waals surface area contributed by atoms with Gasteiger partial charge in [-0.25, -0.2) is 4.98 Å². The molecule has 1 aromatic carbocycles. The van der Waals surface area contributed by atoms with Crippen LogP contribution in [0, 0.1) is 20.2 Å². The maximum atomic E-state index is 12.6. The average molecular weight is 397 g/mol. The molecule has 0 aliphatic heterocycles. The van der Waals surface area contributed by atoms with Crippen molar-refractivity contribution in [1.82, 2.24) is 4.98 Å². The molecule has 132 valence electrons. The lowest BCUT2D eigenvalue weighted by atomic mass is 10.2. The van der Waals surface area contributed by atoms with Crippen molar-refractivity contribution in [1.29, 1.82) is 0 Å². The molecule has 0 aliphatic rings. The molecule has 0 radical (unpaired) electrons. The summed E-state index contributed by atoms with van der Waals surface area (Å²) in [5.41, 5.74) is -3.38. The molecule has 1 heterocycles. The van der Waals surface area contributed by atoms with Gasteiger partial charge in [0.05, 0.1) is 20.4 Å². The molecular weight excluding hydrogens is 392 g/mol. The van der Waals surface area contributed by atoms with E-state index in [1.807, 2.05) is 0 Å². The van der Waals surface area contributed by atoms with E-state index in [2.05, 4.69) is 10.3 Å². The van der Waals surface area contributed by atoms with Crippen molar-refractivity contribution in [3.8, 4) is 0 Å². The summed E-state index contributed by atoms with van der Waals surface area (Å²) < 4.78 is 37.8. The van der Waals surface area contributed by atoms with Gasteiger partial charge in [0.1, 0.15) is 10.8 Å². The largest absolute Gasteiger partial charge is 0.417 e. The average Bonchev–Trinajstić information content (AvgIpc) is 2.47. The molecule has 0 unspecified atom stereocenters. The molecule has 1 aromatic heterocycles. The van der Waals surface area contributed by atoms with Crippen LogP contribution in [-0.4, -0.2) is 14.8 Å². The van der Waals surface area contributed by atoms with Crippen molar-refractivity contribution in [3.63, 3.8) is 0 Å². The van der Waals surface area contributed by atoms with Crippen molar-refractivity contribution in [2.75, 3.05) is 5.32 Å². The molecule has 25 heavy (non-hydrogen) atoms. The van der Waals surface area contributed by atoms with Gasteiger partial charge in [-0.05, 0) is 12.1 Å². The second-order valence-corrected chi connectivity index (χ2v) is 5.30. The summed E-state index contributed by atoms with van der Waals surface area (Å²) in [5.74, 6) is -0.442. The van der Waals surface area contributed by atoms with Crippen LogP contribution in [0.1, 0.15) is 5.56 Å². The van der Waals surface area contributed by atoms with Crippen LogP contribution in [0.5, 0.6) is 0 Å². The number of nitro groups is 2. The molecule has 0 fully saturated rings. The van der Waals surface area contributed by atoms with Crippen LogP contribution in [0.25, 0.3) is 0 Å². The normalized spacial score (nSPS) is 11.2. The minimum Gasteiger partial charge on any atom is -0.328 e. The van der Waals surface area contributed by atoms with Crippen LogP contribution >= 0.6 is 23.2 Å². The summed E-state index contributed by atoms with van der Waals surface area (Å²) in [6, 6.07) is 2.37. The van der Waals surface area contributed by atoms with Gasteiger partial charge in [0.2, 0.25) is 0 Å². The van der Waals surface area contributed by atoms with Crippen LogP contribution in [0.15, 0.2) is 24.4 Å². The number of nitrogens with zero attached hydrogens (tertiary/aromatic N) is 3. The summed E-state index contributed by atoms with van der Waals surface area (Å²) in [6.45, 7) is 0. The number of anilines is 2. The highest BCUT2D eigenvalue weighted by molar-refractivity contribution is 6.34. The first-order chi connectivity index (χ1) is 11.5. The zero-order chi connectivity index (χ0) is 18.9. The fraction of sp³-hybridized carbons (Fsp3) is 0.0833. The third-order valence-electron chi connectivity index (χ3n) is 2.90. The minimum absolute atomic E-state index is 0.416. The van der Waals surface area contributed by atoms with E-state index in [0.717, 1.165) is 12.1 Å². The topological polar surface area (TPSA) is 111 Å². The van der Waals surface area contributed by atoms with Gasteiger partial charge in [0.15, 0.2) is 5.69 Å². The van der Waals surface area contributed by atoms with Crippen molar-refractivity contribution >= 4 is 46.1 Å². The van der Waals surface area contributed by atoms with Gasteiger partial charge in [0.25, 0.3) is 5.69 Å². The quantitative estimate of drug-likeness (QED) is 0.576. The summed E-state index contributed by atoms with van der Waals surface area (Å²) >= 11 is 11.4. The van der Waals surface area contributed by atoms with Crippen molar-refractivity contribution in [3.05, 3.63) is 60.2 Å². The Kier molecular flexibility index (Phi) is 4.99. The van der Waals surface area contributed by atoms with E-state index in [4.69, 9.17) is 23.2 Å². The fourth-order valence-electron chi connectivity index (χ4n) is 1.81. The van der Waals surface area contributed by atoms with Crippen molar-refractivity contribution in [2.45, 2.75) is 6.18 Å². The van der Waals surface area contributed by atoms with E-state index in [0.29, 0.717) is 12.3 Å². The van der Waals surface area contributed by atoms with Gasteiger partial charge < -0.3 is 5.32 Å². The van der Waals surface area contributed by atoms with Gasteiger partial charge in [-0.3, -0.25) is 20.2 Å². The predicted octanol–water partition coefficient (Wildman–Crippen LogP) is 4.97. The zero-order valence-corrected chi connectivity index (χ0v) is 13.2. The third kappa shape index (κ3) is 3.88. The van der Waals surface area contributed by atoms with Gasteiger partial charge in [-0.15, -0.1) is 0 Å². The first-order valence-electron chi connectivity index (χ1n) is 6.13. The Morgan fingerprint density at radius 1 is 1.08 bits per heavy atom. The molecule has 2 aromatic rings. The van der Waals surface area contributed by atoms with Crippen molar-refractivity contribution in [2.24, 2.45) is 0 Å². The van der Waals surface area contributed by atoms with Crippen LogP contribution in [0.3, 0.4) is 0 Å². The number of nitro benzene ring substituents is 2. The summed E-state index contributed by atoms with van der Waals surface area (Å²) in [7, 11) is 0. The number of nitrogens with one attached hydrogen (secondary N) is 1. The number of halogens is 5. The number of rotatable bonds is 4. The first-order valence-corrected chi connectivity index (χ1v) is 6.89. The smallest absolute Gasteiger partial charge is 0.328 e. The van der Waals surface area contributed by atoms with Gasteiger partial charge >= 0.3 is 11.9 Å². The highest BCUT2D eigenvalue weighted by atomic mass is 35.5. The molecule has 0 saturated heterocycles. The first kappa shape index (κ1) is 18.7. The highest BCUT2D eigenvalue weighted by Gasteiger charge is 2.33. The maximum Gasteiger partial charge on any atom is 0.417 e. The molecule has 0 amide bonds. The van der Waals surface area contributed by atoms with Gasteiger partial charge in [-0.2, -0.15) is 13.2 Å². The van der Waals surface area contributed by atoms with Gasteiger partial charge in [-0.1, -0.05) is 23.2 Å². The maximum absolute atomic E-state index is 12.6. The fourth-order valence-corrected chi connectivity index (χ4v) is 2.25. The molecule has 0 saturated carbocycles. The highest BCUT2D eigenvalue weighted by Crippen LogP contribution is 2.42. The van der Waals surface area contributed by atoms with Crippen LogP contribution in [0.2, 0.25) is 10.0 Å². The number of benzene rings is 1. The Hall–Kier alpha value is -2.66. The number of aromatic nitrogens is 1. The van der Waals surface area contributed by atoms with E-state index >= 15 is 0 Å². The Morgan fingerprint density at radius 3 is 2.20 bits per heavy atom. The van der Waals surface area contributed by atoms with E-state index in [9.17, 15) is 33.4 Å². The molecule has 8 nitrogen and oxygen atoms in total.